The van der Waals surface area contributed by atoms with Crippen LogP contribution < -0.4 is 0 Å². The van der Waals surface area contributed by atoms with Crippen LogP contribution in [0.25, 0.3) is 0 Å². The van der Waals surface area contributed by atoms with E-state index in [0.29, 0.717) is 12.0 Å². The van der Waals surface area contributed by atoms with Gasteiger partial charge in [0.2, 0.25) is 0 Å². The van der Waals surface area contributed by atoms with Gasteiger partial charge in [-0.1, -0.05) is 18.2 Å². The molecule has 2 heterocycles. The van der Waals surface area contributed by atoms with Crippen molar-refractivity contribution in [3.63, 3.8) is 0 Å². The fourth-order valence-electron chi connectivity index (χ4n) is 3.42. The fraction of sp³-hybridized carbons (Fsp3) is 0.625. The summed E-state index contributed by atoms with van der Waals surface area (Å²) < 4.78 is 5.99. The zero-order valence-corrected chi connectivity index (χ0v) is 12.9. The molecule has 1 fully saturated rings. The molecular formula is C16H23NOS. The lowest BCUT2D eigenvalue weighted by molar-refractivity contribution is -0.129. The van der Waals surface area contributed by atoms with E-state index < -0.39 is 0 Å². The average Bonchev–Trinajstić information content (AvgIpc) is 2.70. The van der Waals surface area contributed by atoms with Crippen LogP contribution in [0.3, 0.4) is 0 Å². The summed E-state index contributed by atoms with van der Waals surface area (Å²) in [7, 11) is 0. The first-order valence-electron chi connectivity index (χ1n) is 7.15. The standard InChI is InChI=1S/C16H23NOS/c1-12-8-17(11-16(2,3)18-12)9-13-10-19-15-7-5-4-6-14(13)15/h4-7,12-13H,8-11H2,1-3H3. The number of morpholine rings is 1. The number of benzene rings is 1. The van der Waals surface area contributed by atoms with Crippen molar-refractivity contribution in [2.24, 2.45) is 0 Å². The highest BCUT2D eigenvalue weighted by Gasteiger charge is 2.33. The summed E-state index contributed by atoms with van der Waals surface area (Å²) in [4.78, 5) is 4.06. The molecule has 0 spiro atoms. The highest BCUT2D eigenvalue weighted by Crippen LogP contribution is 2.40. The second-order valence-electron chi connectivity index (χ2n) is 6.43. The van der Waals surface area contributed by atoms with Gasteiger partial charge in [-0.2, -0.15) is 0 Å². The zero-order valence-electron chi connectivity index (χ0n) is 12.1. The van der Waals surface area contributed by atoms with Crippen molar-refractivity contribution < 1.29 is 4.74 Å². The van der Waals surface area contributed by atoms with Crippen LogP contribution >= 0.6 is 11.8 Å². The first-order chi connectivity index (χ1) is 9.03. The number of thioether (sulfide) groups is 1. The van der Waals surface area contributed by atoms with Crippen LogP contribution in [0.15, 0.2) is 29.2 Å². The Balaban J connectivity index is 1.69. The number of ether oxygens (including phenoxy) is 1. The first kappa shape index (κ1) is 13.5. The minimum absolute atomic E-state index is 0.0110. The summed E-state index contributed by atoms with van der Waals surface area (Å²) in [6.07, 6.45) is 0.341. The number of rotatable bonds is 2. The molecule has 3 heteroatoms. The minimum Gasteiger partial charge on any atom is -0.370 e. The third kappa shape index (κ3) is 2.99. The quantitative estimate of drug-likeness (QED) is 0.822. The highest BCUT2D eigenvalue weighted by molar-refractivity contribution is 7.99. The van der Waals surface area contributed by atoms with E-state index in [0.717, 1.165) is 13.1 Å². The van der Waals surface area contributed by atoms with Crippen LogP contribution in [0.5, 0.6) is 0 Å². The number of fused-ring (bicyclic) bond motifs is 1. The van der Waals surface area contributed by atoms with E-state index in [1.165, 1.54) is 17.2 Å². The van der Waals surface area contributed by atoms with Crippen LogP contribution in [0.1, 0.15) is 32.3 Å². The van der Waals surface area contributed by atoms with Gasteiger partial charge in [0, 0.05) is 36.2 Å². The number of hydrogen-bond donors (Lipinski definition) is 0. The van der Waals surface area contributed by atoms with Gasteiger partial charge in [-0.25, -0.2) is 0 Å². The molecule has 2 nitrogen and oxygen atoms in total. The van der Waals surface area contributed by atoms with E-state index in [1.54, 1.807) is 5.56 Å². The SMILES string of the molecule is CC1CN(CC2CSc3ccccc32)CC(C)(C)O1. The molecule has 2 aliphatic rings. The zero-order chi connectivity index (χ0) is 13.5. The molecular weight excluding hydrogens is 254 g/mol. The van der Waals surface area contributed by atoms with Gasteiger partial charge in [0.25, 0.3) is 0 Å². The van der Waals surface area contributed by atoms with Gasteiger partial charge in [-0.15, -0.1) is 11.8 Å². The smallest absolute Gasteiger partial charge is 0.0757 e. The van der Waals surface area contributed by atoms with E-state index in [-0.39, 0.29) is 5.60 Å². The maximum Gasteiger partial charge on any atom is 0.0757 e. The normalized spacial score (nSPS) is 30.3. The molecule has 0 radical (unpaired) electrons. The molecule has 1 aromatic rings. The van der Waals surface area contributed by atoms with Crippen molar-refractivity contribution in [1.29, 1.82) is 0 Å². The van der Waals surface area contributed by atoms with Crippen LogP contribution in [0.2, 0.25) is 0 Å². The Labute approximate surface area is 120 Å². The van der Waals surface area contributed by atoms with E-state index in [9.17, 15) is 0 Å². The lowest BCUT2D eigenvalue weighted by atomic mass is 9.98. The maximum atomic E-state index is 5.99. The van der Waals surface area contributed by atoms with Crippen LogP contribution in [0, 0.1) is 0 Å². The van der Waals surface area contributed by atoms with E-state index >= 15 is 0 Å². The Morgan fingerprint density at radius 2 is 2.16 bits per heavy atom. The van der Waals surface area contributed by atoms with Crippen LogP contribution in [0.4, 0.5) is 0 Å². The summed E-state index contributed by atoms with van der Waals surface area (Å²) in [5.41, 5.74) is 1.53. The Hall–Kier alpha value is -0.510. The summed E-state index contributed by atoms with van der Waals surface area (Å²) in [6, 6.07) is 8.87. The summed E-state index contributed by atoms with van der Waals surface area (Å²) in [6.45, 7) is 9.86. The molecule has 0 amide bonds. The Morgan fingerprint density at radius 1 is 1.37 bits per heavy atom. The molecule has 0 bridgehead atoms. The summed E-state index contributed by atoms with van der Waals surface area (Å²) in [5, 5.41) is 0. The lowest BCUT2D eigenvalue weighted by Crippen LogP contribution is -2.52. The second kappa shape index (κ2) is 5.12. The molecule has 2 aliphatic heterocycles. The van der Waals surface area contributed by atoms with Crippen molar-refractivity contribution in [3.05, 3.63) is 29.8 Å². The fourth-order valence-corrected chi connectivity index (χ4v) is 4.66. The molecule has 19 heavy (non-hydrogen) atoms. The van der Waals surface area contributed by atoms with E-state index in [2.05, 4.69) is 49.9 Å². The predicted octanol–water partition coefficient (Wildman–Crippen LogP) is 3.38. The predicted molar refractivity (Wildman–Crippen MR) is 81.0 cm³/mol. The van der Waals surface area contributed by atoms with Gasteiger partial charge >= 0.3 is 0 Å². The van der Waals surface area contributed by atoms with Crippen LogP contribution in [-0.2, 0) is 4.74 Å². The largest absolute Gasteiger partial charge is 0.370 e. The van der Waals surface area contributed by atoms with Gasteiger partial charge < -0.3 is 4.74 Å². The first-order valence-corrected chi connectivity index (χ1v) is 8.14. The third-order valence-electron chi connectivity index (χ3n) is 3.92. The molecule has 0 aromatic heterocycles. The molecule has 0 saturated carbocycles. The molecule has 2 unspecified atom stereocenters. The maximum absolute atomic E-state index is 5.99. The van der Waals surface area contributed by atoms with Crippen molar-refractivity contribution >= 4 is 11.8 Å². The summed E-state index contributed by atoms with van der Waals surface area (Å²) in [5.74, 6) is 1.91. The van der Waals surface area contributed by atoms with Gasteiger partial charge in [-0.05, 0) is 32.4 Å². The molecule has 1 aromatic carbocycles. The topological polar surface area (TPSA) is 12.5 Å². The van der Waals surface area contributed by atoms with Crippen molar-refractivity contribution in [2.75, 3.05) is 25.4 Å². The Bertz CT molecular complexity index is 460. The van der Waals surface area contributed by atoms with Gasteiger partial charge in [0.1, 0.15) is 0 Å². The monoisotopic (exact) mass is 277 g/mol. The second-order valence-corrected chi connectivity index (χ2v) is 7.49. The molecule has 3 rings (SSSR count). The van der Waals surface area contributed by atoms with Crippen molar-refractivity contribution in [2.45, 2.75) is 43.3 Å². The van der Waals surface area contributed by atoms with Crippen molar-refractivity contribution in [3.8, 4) is 0 Å². The third-order valence-corrected chi connectivity index (χ3v) is 5.17. The number of nitrogens with zero attached hydrogens (tertiary/aromatic N) is 1. The highest BCUT2D eigenvalue weighted by atomic mass is 32.2. The van der Waals surface area contributed by atoms with Gasteiger partial charge in [0.05, 0.1) is 11.7 Å². The minimum atomic E-state index is -0.0110. The molecule has 0 aliphatic carbocycles. The molecule has 1 saturated heterocycles. The molecule has 0 N–H and O–H groups in total. The lowest BCUT2D eigenvalue weighted by Gasteiger charge is -2.42. The molecule has 104 valence electrons. The van der Waals surface area contributed by atoms with Crippen LogP contribution in [-0.4, -0.2) is 42.0 Å². The Kier molecular flexibility index (Phi) is 3.63. The number of hydrogen-bond acceptors (Lipinski definition) is 3. The van der Waals surface area contributed by atoms with Crippen molar-refractivity contribution in [1.82, 2.24) is 4.90 Å². The Morgan fingerprint density at radius 3 is 2.95 bits per heavy atom. The average molecular weight is 277 g/mol. The van der Waals surface area contributed by atoms with E-state index in [1.807, 2.05) is 11.8 Å². The van der Waals surface area contributed by atoms with E-state index in [4.69, 9.17) is 4.74 Å². The summed E-state index contributed by atoms with van der Waals surface area (Å²) >= 11 is 2.01. The van der Waals surface area contributed by atoms with Gasteiger partial charge in [-0.3, -0.25) is 4.90 Å². The van der Waals surface area contributed by atoms with Gasteiger partial charge in [0.15, 0.2) is 0 Å². The molecule has 2 atom stereocenters.